The van der Waals surface area contributed by atoms with E-state index in [0.29, 0.717) is 6.04 Å². The summed E-state index contributed by atoms with van der Waals surface area (Å²) in [6.07, 6.45) is 3.93. The Balaban J connectivity index is 2.44. The maximum atomic E-state index is 4.10. The maximum Gasteiger partial charge on any atom is 0.0964 e. The molecule has 5 heteroatoms. The number of rotatable bonds is 8. The van der Waals surface area contributed by atoms with Crippen LogP contribution in [0, 0.1) is 0 Å². The van der Waals surface area contributed by atoms with Gasteiger partial charge in [-0.15, -0.1) is 11.7 Å². The third kappa shape index (κ3) is 4.66. The average Bonchev–Trinajstić information content (AvgIpc) is 2.72. The number of aromatic nitrogens is 3. The molecule has 17 heavy (non-hydrogen) atoms. The lowest BCUT2D eigenvalue weighted by Crippen LogP contribution is -2.34. The third-order valence-electron chi connectivity index (χ3n) is 2.65. The Kier molecular flexibility index (Phi) is 5.86. The fourth-order valence-corrected chi connectivity index (χ4v) is 1.67. The lowest BCUT2D eigenvalue weighted by molar-refractivity contribution is 0.232. The molecule has 0 atom stereocenters. The first-order chi connectivity index (χ1) is 8.17. The Hall–Kier alpha value is -1.20. The van der Waals surface area contributed by atoms with Gasteiger partial charge < -0.3 is 5.32 Å². The second kappa shape index (κ2) is 7.19. The second-order valence-corrected chi connectivity index (χ2v) is 4.38. The Morgan fingerprint density at radius 2 is 2.35 bits per heavy atom. The van der Waals surface area contributed by atoms with Gasteiger partial charge in [-0.25, -0.2) is 0 Å². The normalized spacial score (nSPS) is 11.4. The molecular formula is C12H23N5. The molecule has 5 nitrogen and oxygen atoms in total. The SMILES string of the molecule is C=CCN(CCn1cc(CNC)nn1)C(C)C. The molecule has 0 radical (unpaired) electrons. The molecule has 0 saturated carbocycles. The highest BCUT2D eigenvalue weighted by Gasteiger charge is 2.08. The van der Waals surface area contributed by atoms with Crippen molar-refractivity contribution in [2.45, 2.75) is 33.0 Å². The van der Waals surface area contributed by atoms with Crippen molar-refractivity contribution in [1.29, 1.82) is 0 Å². The number of hydrogen-bond donors (Lipinski definition) is 1. The van der Waals surface area contributed by atoms with Crippen LogP contribution in [0.1, 0.15) is 19.5 Å². The van der Waals surface area contributed by atoms with Crippen molar-refractivity contribution < 1.29 is 0 Å². The molecule has 96 valence electrons. The maximum absolute atomic E-state index is 4.10. The third-order valence-corrected chi connectivity index (χ3v) is 2.65. The molecule has 0 fully saturated rings. The lowest BCUT2D eigenvalue weighted by atomic mass is 10.3. The molecule has 0 amide bonds. The van der Waals surface area contributed by atoms with Crippen LogP contribution >= 0.6 is 0 Å². The van der Waals surface area contributed by atoms with E-state index in [9.17, 15) is 0 Å². The van der Waals surface area contributed by atoms with Crippen LogP contribution in [0.2, 0.25) is 0 Å². The summed E-state index contributed by atoms with van der Waals surface area (Å²) in [6, 6.07) is 0.522. The van der Waals surface area contributed by atoms with Gasteiger partial charge in [0, 0.05) is 31.9 Å². The van der Waals surface area contributed by atoms with Crippen LogP contribution in [0.25, 0.3) is 0 Å². The van der Waals surface area contributed by atoms with Gasteiger partial charge in [-0.2, -0.15) is 0 Å². The molecule has 1 N–H and O–H groups in total. The Morgan fingerprint density at radius 3 is 2.94 bits per heavy atom. The van der Waals surface area contributed by atoms with Gasteiger partial charge in [0.25, 0.3) is 0 Å². The smallest absolute Gasteiger partial charge is 0.0964 e. The van der Waals surface area contributed by atoms with Crippen molar-refractivity contribution in [1.82, 2.24) is 25.2 Å². The summed E-state index contributed by atoms with van der Waals surface area (Å²) in [5, 5.41) is 11.2. The summed E-state index contributed by atoms with van der Waals surface area (Å²) in [5.74, 6) is 0. The van der Waals surface area contributed by atoms with E-state index in [-0.39, 0.29) is 0 Å². The molecule has 1 rings (SSSR count). The van der Waals surface area contributed by atoms with Crippen molar-refractivity contribution in [3.8, 4) is 0 Å². The van der Waals surface area contributed by atoms with Crippen molar-refractivity contribution >= 4 is 0 Å². The summed E-state index contributed by atoms with van der Waals surface area (Å²) in [7, 11) is 1.91. The molecule has 0 saturated heterocycles. The molecule has 0 aliphatic carbocycles. The van der Waals surface area contributed by atoms with E-state index >= 15 is 0 Å². The standard InChI is InChI=1S/C12H23N5/c1-5-6-16(11(2)3)7-8-17-10-12(9-13-4)14-15-17/h5,10-11,13H,1,6-9H2,2-4H3. The molecule has 0 aliphatic heterocycles. The van der Waals surface area contributed by atoms with E-state index in [1.54, 1.807) is 0 Å². The molecule has 0 unspecified atom stereocenters. The van der Waals surface area contributed by atoms with Gasteiger partial charge in [-0.1, -0.05) is 11.3 Å². The minimum atomic E-state index is 0.522. The molecule has 0 spiro atoms. The molecular weight excluding hydrogens is 214 g/mol. The first-order valence-electron chi connectivity index (χ1n) is 6.06. The quantitative estimate of drug-likeness (QED) is 0.682. The van der Waals surface area contributed by atoms with Crippen LogP contribution in [-0.2, 0) is 13.1 Å². The minimum absolute atomic E-state index is 0.522. The van der Waals surface area contributed by atoms with Crippen LogP contribution in [0.4, 0.5) is 0 Å². The van der Waals surface area contributed by atoms with Gasteiger partial charge in [0.05, 0.1) is 12.2 Å². The van der Waals surface area contributed by atoms with Crippen LogP contribution in [0.3, 0.4) is 0 Å². The van der Waals surface area contributed by atoms with E-state index in [0.717, 1.165) is 31.9 Å². The zero-order chi connectivity index (χ0) is 12.7. The summed E-state index contributed by atoms with van der Waals surface area (Å²) < 4.78 is 1.89. The zero-order valence-electron chi connectivity index (χ0n) is 11.1. The molecule has 0 bridgehead atoms. The monoisotopic (exact) mass is 237 g/mol. The number of hydrogen-bond acceptors (Lipinski definition) is 4. The molecule has 0 aromatic carbocycles. The Bertz CT molecular complexity index is 331. The van der Waals surface area contributed by atoms with E-state index in [4.69, 9.17) is 0 Å². The van der Waals surface area contributed by atoms with Gasteiger partial charge in [-0.05, 0) is 20.9 Å². The highest BCUT2D eigenvalue weighted by molar-refractivity contribution is 4.91. The van der Waals surface area contributed by atoms with Gasteiger partial charge in [-0.3, -0.25) is 9.58 Å². The topological polar surface area (TPSA) is 46.0 Å². The van der Waals surface area contributed by atoms with Crippen molar-refractivity contribution in [2.24, 2.45) is 0 Å². The largest absolute Gasteiger partial charge is 0.314 e. The first kappa shape index (κ1) is 13.9. The van der Waals surface area contributed by atoms with E-state index in [1.165, 1.54) is 0 Å². The van der Waals surface area contributed by atoms with Crippen LogP contribution < -0.4 is 5.32 Å². The van der Waals surface area contributed by atoms with E-state index < -0.39 is 0 Å². The second-order valence-electron chi connectivity index (χ2n) is 4.38. The van der Waals surface area contributed by atoms with Crippen molar-refractivity contribution in [2.75, 3.05) is 20.1 Å². The average molecular weight is 237 g/mol. The van der Waals surface area contributed by atoms with Gasteiger partial charge in [0.2, 0.25) is 0 Å². The highest BCUT2D eigenvalue weighted by Crippen LogP contribution is 1.99. The Labute approximate surface area is 103 Å². The lowest BCUT2D eigenvalue weighted by Gasteiger charge is -2.24. The van der Waals surface area contributed by atoms with Crippen molar-refractivity contribution in [3.63, 3.8) is 0 Å². The van der Waals surface area contributed by atoms with Gasteiger partial charge in [0.1, 0.15) is 0 Å². The van der Waals surface area contributed by atoms with Crippen LogP contribution in [-0.4, -0.2) is 46.1 Å². The van der Waals surface area contributed by atoms with Gasteiger partial charge >= 0.3 is 0 Å². The van der Waals surface area contributed by atoms with E-state index in [2.05, 4.69) is 41.0 Å². The zero-order valence-corrected chi connectivity index (χ0v) is 11.1. The van der Waals surface area contributed by atoms with Crippen molar-refractivity contribution in [3.05, 3.63) is 24.5 Å². The number of nitrogens with one attached hydrogen (secondary N) is 1. The predicted octanol–water partition coefficient (Wildman–Crippen LogP) is 0.894. The molecule has 1 aromatic heterocycles. The summed E-state index contributed by atoms with van der Waals surface area (Å²) in [4.78, 5) is 2.35. The van der Waals surface area contributed by atoms with Gasteiger partial charge in [0.15, 0.2) is 0 Å². The summed E-state index contributed by atoms with van der Waals surface area (Å²) in [6.45, 7) is 11.7. The van der Waals surface area contributed by atoms with Crippen LogP contribution in [0.15, 0.2) is 18.9 Å². The fourth-order valence-electron chi connectivity index (χ4n) is 1.67. The van der Waals surface area contributed by atoms with Crippen LogP contribution in [0.5, 0.6) is 0 Å². The summed E-state index contributed by atoms with van der Waals surface area (Å²) >= 11 is 0. The fraction of sp³-hybridized carbons (Fsp3) is 0.667. The van der Waals surface area contributed by atoms with E-state index in [1.807, 2.05) is 24.0 Å². The predicted molar refractivity (Wildman–Crippen MR) is 69.7 cm³/mol. The minimum Gasteiger partial charge on any atom is -0.314 e. The summed E-state index contributed by atoms with van der Waals surface area (Å²) in [5.41, 5.74) is 0.979. The highest BCUT2D eigenvalue weighted by atomic mass is 15.4. The molecule has 1 heterocycles. The Morgan fingerprint density at radius 1 is 1.59 bits per heavy atom. The number of nitrogens with zero attached hydrogens (tertiary/aromatic N) is 4. The molecule has 0 aliphatic rings. The molecule has 1 aromatic rings. The first-order valence-corrected chi connectivity index (χ1v) is 6.06.